The van der Waals surface area contributed by atoms with Gasteiger partial charge in [0.05, 0.1) is 18.1 Å². The molecule has 1 aliphatic heterocycles. The van der Waals surface area contributed by atoms with E-state index in [1.807, 2.05) is 13.0 Å². The van der Waals surface area contributed by atoms with E-state index < -0.39 is 5.97 Å². The van der Waals surface area contributed by atoms with Gasteiger partial charge in [0.25, 0.3) is 0 Å². The molecule has 0 radical (unpaired) electrons. The van der Waals surface area contributed by atoms with Crippen molar-refractivity contribution in [3.63, 3.8) is 0 Å². The zero-order valence-corrected chi connectivity index (χ0v) is 12.5. The van der Waals surface area contributed by atoms with Gasteiger partial charge in [-0.1, -0.05) is 6.08 Å². The minimum Gasteiger partial charge on any atom is -0.479 e. The second-order valence-electron chi connectivity index (χ2n) is 5.05. The molecule has 3 rings (SSSR count). The molecule has 120 valence electrons. The highest BCUT2D eigenvalue weighted by molar-refractivity contribution is 5.83. The van der Waals surface area contributed by atoms with Crippen molar-refractivity contribution in [1.82, 2.24) is 19.9 Å². The normalized spacial score (nSPS) is 15.7. The first-order valence-electron chi connectivity index (χ1n) is 7.16. The second kappa shape index (κ2) is 6.42. The maximum atomic E-state index is 10.6. The number of allylic oxidation sites excluding steroid dienone is 1. The molecule has 2 aromatic rings. The van der Waals surface area contributed by atoms with E-state index in [0.29, 0.717) is 23.8 Å². The average molecular weight is 316 g/mol. The minimum absolute atomic E-state index is 0.125. The second-order valence-corrected chi connectivity index (χ2v) is 5.05. The largest absolute Gasteiger partial charge is 0.479 e. The minimum atomic E-state index is -1.02. The number of aromatic amines is 1. The van der Waals surface area contributed by atoms with Gasteiger partial charge in [-0.2, -0.15) is 0 Å². The molecule has 0 bridgehead atoms. The Morgan fingerprint density at radius 2 is 2.35 bits per heavy atom. The Hall–Kier alpha value is -2.97. The summed E-state index contributed by atoms with van der Waals surface area (Å²) in [5.74, 6) is 0.0557. The fourth-order valence-electron chi connectivity index (χ4n) is 2.27. The van der Waals surface area contributed by atoms with Gasteiger partial charge in [-0.15, -0.1) is 0 Å². The summed E-state index contributed by atoms with van der Waals surface area (Å²) in [5.41, 5.74) is 2.09. The van der Waals surface area contributed by atoms with Gasteiger partial charge in [-0.3, -0.25) is 0 Å². The lowest BCUT2D eigenvalue weighted by Gasteiger charge is -2.19. The van der Waals surface area contributed by atoms with Crippen molar-refractivity contribution in [2.24, 2.45) is 4.99 Å². The van der Waals surface area contributed by atoms with E-state index in [2.05, 4.69) is 30.2 Å². The number of carboxylic acid groups (broad SMARTS) is 1. The summed E-state index contributed by atoms with van der Waals surface area (Å²) in [6.45, 7) is 1.56. The summed E-state index contributed by atoms with van der Waals surface area (Å²) in [7, 11) is 0. The molecule has 3 heterocycles. The number of ether oxygens (including phenoxy) is 1. The lowest BCUT2D eigenvalue weighted by atomic mass is 10.1. The maximum Gasteiger partial charge on any atom is 0.341 e. The lowest BCUT2D eigenvalue weighted by Crippen LogP contribution is -2.22. The van der Waals surface area contributed by atoms with Crippen LogP contribution in [0.15, 0.2) is 29.4 Å². The molecule has 1 atom stereocenters. The Balaban J connectivity index is 1.72. The van der Waals surface area contributed by atoms with Crippen LogP contribution in [0, 0.1) is 0 Å². The number of nitrogens with one attached hydrogen (secondary N) is 2. The summed E-state index contributed by atoms with van der Waals surface area (Å²) >= 11 is 0. The molecule has 0 spiro atoms. The first-order chi connectivity index (χ1) is 11.1. The molecule has 0 aliphatic carbocycles. The smallest absolute Gasteiger partial charge is 0.341 e. The molecule has 0 amide bonds. The van der Waals surface area contributed by atoms with Crippen molar-refractivity contribution < 1.29 is 14.6 Å². The number of fused-ring (bicyclic) bond motifs is 1. The standard InChI is InChI=1S/C14H16N6O3/c1-8(9-3-2-4-10(20-9)23-5-11(21)22)19-14-12-13(16-6-15-12)17-7-18-14/h3,6-8H,2,4-5H2,1H3,(H,21,22)(H2,15,16,17,18,19). The van der Waals surface area contributed by atoms with Gasteiger partial charge >= 0.3 is 5.97 Å². The third kappa shape index (κ3) is 3.44. The highest BCUT2D eigenvalue weighted by Gasteiger charge is 2.17. The van der Waals surface area contributed by atoms with Crippen LogP contribution < -0.4 is 5.32 Å². The Kier molecular flexibility index (Phi) is 4.18. The van der Waals surface area contributed by atoms with Crippen LogP contribution in [0.5, 0.6) is 0 Å². The maximum absolute atomic E-state index is 10.6. The van der Waals surface area contributed by atoms with E-state index >= 15 is 0 Å². The number of rotatable bonds is 5. The molecule has 0 fully saturated rings. The Bertz CT molecular complexity index is 782. The highest BCUT2D eigenvalue weighted by atomic mass is 16.5. The number of carboxylic acids is 1. The summed E-state index contributed by atoms with van der Waals surface area (Å²) < 4.78 is 5.17. The van der Waals surface area contributed by atoms with Gasteiger partial charge in [0, 0.05) is 6.42 Å². The number of aromatic nitrogens is 4. The zero-order valence-electron chi connectivity index (χ0n) is 12.5. The van der Waals surface area contributed by atoms with Crippen LogP contribution in [-0.2, 0) is 9.53 Å². The van der Waals surface area contributed by atoms with Crippen LogP contribution in [0.1, 0.15) is 19.8 Å². The molecule has 1 aliphatic rings. The molecule has 1 unspecified atom stereocenters. The molecule has 3 N–H and O–H groups in total. The van der Waals surface area contributed by atoms with E-state index in [0.717, 1.165) is 17.6 Å². The number of anilines is 1. The number of nitrogens with zero attached hydrogens (tertiary/aromatic N) is 4. The summed E-state index contributed by atoms with van der Waals surface area (Å²) in [4.78, 5) is 30.3. The first-order valence-corrected chi connectivity index (χ1v) is 7.16. The zero-order chi connectivity index (χ0) is 16.2. The average Bonchev–Trinajstić information content (AvgIpc) is 3.03. The molecule has 23 heavy (non-hydrogen) atoms. The van der Waals surface area contributed by atoms with Gasteiger partial charge in [-0.25, -0.2) is 24.7 Å². The van der Waals surface area contributed by atoms with E-state index in [1.165, 1.54) is 6.33 Å². The summed E-state index contributed by atoms with van der Waals surface area (Å²) in [6.07, 6.45) is 6.35. The third-order valence-electron chi connectivity index (χ3n) is 3.35. The van der Waals surface area contributed by atoms with Crippen LogP contribution >= 0.6 is 0 Å². The van der Waals surface area contributed by atoms with Crippen molar-refractivity contribution in [3.8, 4) is 0 Å². The molecular formula is C14H16N6O3. The van der Waals surface area contributed by atoms with Gasteiger partial charge in [0.1, 0.15) is 11.8 Å². The summed E-state index contributed by atoms with van der Waals surface area (Å²) in [6, 6.07) is -0.125. The van der Waals surface area contributed by atoms with Gasteiger partial charge < -0.3 is 20.1 Å². The van der Waals surface area contributed by atoms with Gasteiger partial charge in [-0.05, 0) is 13.3 Å². The van der Waals surface area contributed by atoms with Crippen molar-refractivity contribution >= 4 is 28.8 Å². The lowest BCUT2D eigenvalue weighted by molar-refractivity contribution is -0.139. The van der Waals surface area contributed by atoms with Crippen molar-refractivity contribution in [2.45, 2.75) is 25.8 Å². The molecule has 9 heteroatoms. The quantitative estimate of drug-likeness (QED) is 0.759. The highest BCUT2D eigenvalue weighted by Crippen LogP contribution is 2.20. The topological polar surface area (TPSA) is 125 Å². The molecule has 0 saturated heterocycles. The SMILES string of the molecule is CC(Nc1ncnc2nc[nH]c12)C1=CCCC(OCC(=O)O)=N1. The number of imidazole rings is 1. The molecule has 0 saturated carbocycles. The number of aliphatic carboxylic acids is 1. The Morgan fingerprint density at radius 3 is 3.17 bits per heavy atom. The summed E-state index contributed by atoms with van der Waals surface area (Å²) in [5, 5.41) is 11.9. The van der Waals surface area contributed by atoms with Crippen LogP contribution in [-0.4, -0.2) is 49.6 Å². The van der Waals surface area contributed by atoms with Crippen LogP contribution in [0.25, 0.3) is 11.2 Å². The van der Waals surface area contributed by atoms with Crippen LogP contribution in [0.4, 0.5) is 5.82 Å². The monoisotopic (exact) mass is 316 g/mol. The van der Waals surface area contributed by atoms with Crippen molar-refractivity contribution in [2.75, 3.05) is 11.9 Å². The number of hydrogen-bond acceptors (Lipinski definition) is 7. The van der Waals surface area contributed by atoms with E-state index in [1.54, 1.807) is 6.33 Å². The fraction of sp³-hybridized carbons (Fsp3) is 0.357. The van der Waals surface area contributed by atoms with Crippen molar-refractivity contribution in [3.05, 3.63) is 24.4 Å². The molecule has 2 aromatic heterocycles. The number of carbonyl (C=O) groups is 1. The van der Waals surface area contributed by atoms with Crippen LogP contribution in [0.2, 0.25) is 0 Å². The molecule has 0 aromatic carbocycles. The Morgan fingerprint density at radius 1 is 1.48 bits per heavy atom. The number of hydrogen-bond donors (Lipinski definition) is 3. The fourth-order valence-corrected chi connectivity index (χ4v) is 2.27. The number of aliphatic imine (C=N–C) groups is 1. The Labute approximate surface area is 131 Å². The van der Waals surface area contributed by atoms with E-state index in [-0.39, 0.29) is 12.6 Å². The van der Waals surface area contributed by atoms with Crippen molar-refractivity contribution in [1.29, 1.82) is 0 Å². The van der Waals surface area contributed by atoms with Gasteiger partial charge in [0.2, 0.25) is 0 Å². The van der Waals surface area contributed by atoms with E-state index in [4.69, 9.17) is 9.84 Å². The molecular weight excluding hydrogens is 300 g/mol. The predicted octanol–water partition coefficient (Wildman–Crippen LogP) is 1.33. The molecule has 9 nitrogen and oxygen atoms in total. The van der Waals surface area contributed by atoms with Crippen LogP contribution in [0.3, 0.4) is 0 Å². The third-order valence-corrected chi connectivity index (χ3v) is 3.35. The first kappa shape index (κ1) is 14.9. The number of H-pyrrole nitrogens is 1. The van der Waals surface area contributed by atoms with E-state index in [9.17, 15) is 4.79 Å². The predicted molar refractivity (Wildman–Crippen MR) is 83.1 cm³/mol. The van der Waals surface area contributed by atoms with Gasteiger partial charge in [0.15, 0.2) is 24.0 Å².